The van der Waals surface area contributed by atoms with Crippen LogP contribution in [-0.4, -0.2) is 17.7 Å². The average molecular weight is 264 g/mol. The van der Waals surface area contributed by atoms with Crippen molar-refractivity contribution in [2.24, 2.45) is 0 Å². The van der Waals surface area contributed by atoms with Crippen molar-refractivity contribution >= 4 is 23.6 Å². The Balaban J connectivity index is 2.97. The van der Waals surface area contributed by atoms with Crippen molar-refractivity contribution in [3.63, 3.8) is 0 Å². The van der Waals surface area contributed by atoms with Gasteiger partial charge in [-0.1, -0.05) is 30.3 Å². The molecule has 0 saturated heterocycles. The number of nitriles is 1. The minimum atomic E-state index is -0.735. The predicted molar refractivity (Wildman–Crippen MR) is 67.9 cm³/mol. The third-order valence-corrected chi connectivity index (χ3v) is 2.26. The second-order valence-electron chi connectivity index (χ2n) is 3.27. The summed E-state index contributed by atoms with van der Waals surface area (Å²) in [5, 5.41) is 18.2. The van der Waals surface area contributed by atoms with Crippen molar-refractivity contribution in [2.45, 2.75) is 0 Å². The van der Waals surface area contributed by atoms with Gasteiger partial charge in [0.05, 0.1) is 5.02 Å². The molecule has 0 saturated carbocycles. The molecule has 1 aromatic rings. The van der Waals surface area contributed by atoms with Crippen LogP contribution in [0.2, 0.25) is 5.02 Å². The molecule has 0 heterocycles. The Morgan fingerprint density at radius 3 is 2.89 bits per heavy atom. The number of phenols is 1. The Kier molecular flexibility index (Phi) is 4.97. The minimum absolute atomic E-state index is 0.0359. The molecule has 92 valence electrons. The highest BCUT2D eigenvalue weighted by molar-refractivity contribution is 6.32. The molecule has 0 radical (unpaired) electrons. The van der Waals surface area contributed by atoms with E-state index in [1.165, 1.54) is 30.4 Å². The molecular formula is C13H10ClNO3. The van der Waals surface area contributed by atoms with Crippen LogP contribution in [-0.2, 0) is 9.53 Å². The summed E-state index contributed by atoms with van der Waals surface area (Å²) in [6.07, 6.45) is 2.74. The van der Waals surface area contributed by atoms with Crippen LogP contribution in [0.15, 0.2) is 36.4 Å². The zero-order chi connectivity index (χ0) is 13.5. The molecule has 0 fully saturated rings. The number of aromatic hydroxyl groups is 1. The van der Waals surface area contributed by atoms with E-state index in [1.54, 1.807) is 6.07 Å². The van der Waals surface area contributed by atoms with Crippen molar-refractivity contribution in [1.82, 2.24) is 0 Å². The summed E-state index contributed by atoms with van der Waals surface area (Å²) in [6, 6.07) is 6.08. The molecule has 0 aliphatic heterocycles. The monoisotopic (exact) mass is 263 g/mol. The maximum atomic E-state index is 11.4. The van der Waals surface area contributed by atoms with E-state index in [4.69, 9.17) is 21.6 Å². The highest BCUT2D eigenvalue weighted by atomic mass is 35.5. The number of carbonyl (C=O) groups is 1. The number of nitrogens with zero attached hydrogens (tertiary/aromatic N) is 1. The maximum Gasteiger partial charge on any atom is 0.349 e. The molecule has 18 heavy (non-hydrogen) atoms. The number of benzene rings is 1. The lowest BCUT2D eigenvalue weighted by Gasteiger charge is -2.01. The van der Waals surface area contributed by atoms with Gasteiger partial charge in [0.25, 0.3) is 0 Å². The summed E-state index contributed by atoms with van der Waals surface area (Å²) < 4.78 is 4.74. The number of rotatable bonds is 4. The van der Waals surface area contributed by atoms with Gasteiger partial charge in [0.15, 0.2) is 0 Å². The Bertz CT molecular complexity index is 544. The van der Waals surface area contributed by atoms with Crippen LogP contribution in [0, 0.1) is 11.3 Å². The number of esters is 1. The molecule has 0 unspecified atom stereocenters. The number of phenolic OH excluding ortho intramolecular Hbond substituents is 1. The third-order valence-electron chi connectivity index (χ3n) is 1.96. The first-order chi connectivity index (χ1) is 8.58. The highest BCUT2D eigenvalue weighted by Gasteiger charge is 2.10. The van der Waals surface area contributed by atoms with Crippen LogP contribution in [0.1, 0.15) is 5.56 Å². The molecule has 0 aliphatic rings. The minimum Gasteiger partial charge on any atom is -0.506 e. The number of carbonyl (C=O) groups excluding carboxylic acids is 1. The van der Waals surface area contributed by atoms with Crippen LogP contribution < -0.4 is 0 Å². The van der Waals surface area contributed by atoms with Crippen LogP contribution in [0.3, 0.4) is 0 Å². The fourth-order valence-corrected chi connectivity index (χ4v) is 1.32. The van der Waals surface area contributed by atoms with E-state index in [2.05, 4.69) is 6.58 Å². The molecule has 0 aliphatic carbocycles. The zero-order valence-corrected chi connectivity index (χ0v) is 10.1. The van der Waals surface area contributed by atoms with E-state index in [1.807, 2.05) is 0 Å². The Hall–Kier alpha value is -2.25. The summed E-state index contributed by atoms with van der Waals surface area (Å²) in [5.74, 6) is -0.803. The standard InChI is InChI=1S/C13H10ClNO3/c1-2-5-18-13(17)10(8-15)6-9-3-4-12(16)11(14)7-9/h2-4,6-7,16H,1,5H2. The largest absolute Gasteiger partial charge is 0.506 e. The van der Waals surface area contributed by atoms with Crippen LogP contribution >= 0.6 is 11.6 Å². The maximum absolute atomic E-state index is 11.4. The molecule has 0 atom stereocenters. The SMILES string of the molecule is C=CCOC(=O)C(C#N)=Cc1ccc(O)c(Cl)c1. The van der Waals surface area contributed by atoms with Gasteiger partial charge in [-0.25, -0.2) is 4.79 Å². The number of ether oxygens (including phenoxy) is 1. The van der Waals surface area contributed by atoms with Crippen molar-refractivity contribution < 1.29 is 14.6 Å². The van der Waals surface area contributed by atoms with Crippen LogP contribution in [0.4, 0.5) is 0 Å². The predicted octanol–water partition coefficient (Wildman–Crippen LogP) is 2.68. The van der Waals surface area contributed by atoms with Gasteiger partial charge in [-0.05, 0) is 23.8 Å². The van der Waals surface area contributed by atoms with Gasteiger partial charge in [-0.3, -0.25) is 0 Å². The van der Waals surface area contributed by atoms with Crippen molar-refractivity contribution in [1.29, 1.82) is 5.26 Å². The summed E-state index contributed by atoms with van der Waals surface area (Å²) in [5.41, 5.74) is 0.364. The van der Waals surface area contributed by atoms with Gasteiger partial charge >= 0.3 is 5.97 Å². The molecule has 4 nitrogen and oxygen atoms in total. The first-order valence-electron chi connectivity index (χ1n) is 4.96. The number of hydrogen-bond donors (Lipinski definition) is 1. The lowest BCUT2D eigenvalue weighted by atomic mass is 10.1. The molecule has 5 heteroatoms. The summed E-state index contributed by atoms with van der Waals surface area (Å²) in [6.45, 7) is 3.43. The third kappa shape index (κ3) is 3.65. The fraction of sp³-hybridized carbons (Fsp3) is 0.0769. The molecule has 0 bridgehead atoms. The van der Waals surface area contributed by atoms with E-state index >= 15 is 0 Å². The lowest BCUT2D eigenvalue weighted by Crippen LogP contribution is -2.06. The van der Waals surface area contributed by atoms with Gasteiger partial charge in [0.1, 0.15) is 24.0 Å². The smallest absolute Gasteiger partial charge is 0.349 e. The number of halogens is 1. The van der Waals surface area contributed by atoms with E-state index in [-0.39, 0.29) is 23.0 Å². The first kappa shape index (κ1) is 13.8. The van der Waals surface area contributed by atoms with Gasteiger partial charge in [0.2, 0.25) is 0 Å². The van der Waals surface area contributed by atoms with Crippen LogP contribution in [0.25, 0.3) is 6.08 Å². The van der Waals surface area contributed by atoms with E-state index < -0.39 is 5.97 Å². The summed E-state index contributed by atoms with van der Waals surface area (Å²) in [7, 11) is 0. The molecule has 1 aromatic carbocycles. The van der Waals surface area contributed by atoms with Crippen LogP contribution in [0.5, 0.6) is 5.75 Å². The normalized spacial score (nSPS) is 10.6. The zero-order valence-electron chi connectivity index (χ0n) is 9.39. The Morgan fingerprint density at radius 2 is 2.33 bits per heavy atom. The molecule has 1 rings (SSSR count). The summed E-state index contributed by atoms with van der Waals surface area (Å²) >= 11 is 5.71. The van der Waals surface area contributed by atoms with Gasteiger partial charge in [-0.15, -0.1) is 0 Å². The van der Waals surface area contributed by atoms with E-state index in [0.29, 0.717) is 5.56 Å². The van der Waals surface area contributed by atoms with E-state index in [0.717, 1.165) is 0 Å². The molecular weight excluding hydrogens is 254 g/mol. The fourth-order valence-electron chi connectivity index (χ4n) is 1.13. The number of hydrogen-bond acceptors (Lipinski definition) is 4. The average Bonchev–Trinajstić information content (AvgIpc) is 2.37. The van der Waals surface area contributed by atoms with Crippen molar-refractivity contribution in [2.75, 3.05) is 6.61 Å². The van der Waals surface area contributed by atoms with Crippen molar-refractivity contribution in [3.8, 4) is 11.8 Å². The quantitative estimate of drug-likeness (QED) is 0.392. The van der Waals surface area contributed by atoms with Gasteiger partial charge in [0, 0.05) is 0 Å². The van der Waals surface area contributed by atoms with E-state index in [9.17, 15) is 9.90 Å². The van der Waals surface area contributed by atoms with Gasteiger partial charge in [-0.2, -0.15) is 5.26 Å². The molecule has 1 N–H and O–H groups in total. The first-order valence-corrected chi connectivity index (χ1v) is 5.34. The Morgan fingerprint density at radius 1 is 1.61 bits per heavy atom. The summed E-state index contributed by atoms with van der Waals surface area (Å²) in [4.78, 5) is 11.4. The second-order valence-corrected chi connectivity index (χ2v) is 3.68. The highest BCUT2D eigenvalue weighted by Crippen LogP contribution is 2.24. The van der Waals surface area contributed by atoms with Gasteiger partial charge < -0.3 is 9.84 Å². The van der Waals surface area contributed by atoms with Crippen molar-refractivity contribution in [3.05, 3.63) is 47.0 Å². The second kappa shape index (κ2) is 6.48. The molecule has 0 aromatic heterocycles. The lowest BCUT2D eigenvalue weighted by molar-refractivity contribution is -0.137. The topological polar surface area (TPSA) is 70.3 Å². The molecule has 0 amide bonds. The molecule has 0 spiro atoms. The Labute approximate surface area is 109 Å².